The molecule has 3 heterocycles. The van der Waals surface area contributed by atoms with Crippen molar-refractivity contribution in [1.82, 2.24) is 10.2 Å². The van der Waals surface area contributed by atoms with Crippen LogP contribution in [0.15, 0.2) is 87.1 Å². The number of methoxy groups -OCH3 is 3. The molecule has 6 N–H and O–H groups in total. The highest BCUT2D eigenvalue weighted by Gasteiger charge is 2.56. The van der Waals surface area contributed by atoms with Crippen molar-refractivity contribution in [2.24, 2.45) is 29.6 Å². The molecule has 7 rings (SSSR count). The van der Waals surface area contributed by atoms with E-state index in [0.717, 1.165) is 10.5 Å². The molecular formula is C66H86N2O19. The van der Waals surface area contributed by atoms with E-state index in [1.807, 2.05) is 32.9 Å². The highest BCUT2D eigenvalue weighted by atomic mass is 16.7. The zero-order valence-electron chi connectivity index (χ0n) is 51.4. The van der Waals surface area contributed by atoms with E-state index < -0.39 is 95.9 Å². The van der Waals surface area contributed by atoms with Crippen LogP contribution >= 0.6 is 0 Å². The molecule has 3 fully saturated rings. The molecule has 0 spiro atoms. The van der Waals surface area contributed by atoms with Crippen LogP contribution in [-0.2, 0) is 54.1 Å². The molecule has 5 aliphatic rings. The summed E-state index contributed by atoms with van der Waals surface area (Å²) >= 11 is 0. The van der Waals surface area contributed by atoms with Crippen LogP contribution in [0.1, 0.15) is 129 Å². The van der Waals surface area contributed by atoms with Gasteiger partial charge in [0.1, 0.15) is 41.1 Å². The van der Waals surface area contributed by atoms with Crippen LogP contribution in [0, 0.1) is 29.6 Å². The molecule has 87 heavy (non-hydrogen) atoms. The second-order valence-corrected chi connectivity index (χ2v) is 24.1. The molecule has 474 valence electrons. The first kappa shape index (κ1) is 67.7. The lowest BCUT2D eigenvalue weighted by molar-refractivity contribution is -0.302. The molecule has 21 nitrogen and oxygen atoms in total. The van der Waals surface area contributed by atoms with Gasteiger partial charge in [-0.15, -0.1) is 0 Å². The number of nitrogens with zero attached hydrogens (tertiary/aromatic N) is 1. The number of carbonyl (C=O) groups excluding carboxylic acids is 5. The number of carbonyl (C=O) groups is 6. The molecule has 2 aromatic carbocycles. The molecule has 3 aliphatic heterocycles. The fraction of sp³-hybridized carbons (Fsp3) is 0.561. The minimum Gasteiger partial charge on any atom is -0.507 e. The Balaban J connectivity index is 0.973. The molecule has 2 saturated heterocycles. The summed E-state index contributed by atoms with van der Waals surface area (Å²) in [6.45, 7) is 11.6. The Kier molecular flexibility index (Phi) is 23.3. The maximum atomic E-state index is 14.5. The van der Waals surface area contributed by atoms with E-state index in [0.29, 0.717) is 72.6 Å². The minimum atomic E-state index is -2.63. The van der Waals surface area contributed by atoms with E-state index in [1.165, 1.54) is 45.4 Å². The zero-order valence-corrected chi connectivity index (χ0v) is 51.4. The monoisotopic (exact) mass is 1210 g/mol. The summed E-state index contributed by atoms with van der Waals surface area (Å²) in [5.41, 5.74) is 2.68. The van der Waals surface area contributed by atoms with E-state index in [2.05, 4.69) is 5.32 Å². The second kappa shape index (κ2) is 29.9. The Morgan fingerprint density at radius 3 is 2.31 bits per heavy atom. The number of hydrogen-bond acceptors (Lipinski definition) is 18. The largest absolute Gasteiger partial charge is 0.507 e. The topological polar surface area (TPSA) is 304 Å². The van der Waals surface area contributed by atoms with E-state index in [9.17, 15) is 59.1 Å². The second-order valence-electron chi connectivity index (χ2n) is 24.1. The quantitative estimate of drug-likeness (QED) is 0.0157. The van der Waals surface area contributed by atoms with Crippen LogP contribution in [0.2, 0.25) is 0 Å². The number of ketones is 2. The Labute approximate surface area is 507 Å². The van der Waals surface area contributed by atoms with Gasteiger partial charge in [-0.1, -0.05) is 56.7 Å². The lowest BCUT2D eigenvalue weighted by Crippen LogP contribution is -2.64. The van der Waals surface area contributed by atoms with Gasteiger partial charge in [0, 0.05) is 68.2 Å². The summed E-state index contributed by atoms with van der Waals surface area (Å²) in [5.74, 6) is -9.39. The van der Waals surface area contributed by atoms with Gasteiger partial charge in [-0.25, -0.2) is 14.4 Å². The van der Waals surface area contributed by atoms with Crippen molar-refractivity contribution in [2.45, 2.75) is 174 Å². The van der Waals surface area contributed by atoms with Crippen molar-refractivity contribution in [2.75, 3.05) is 34.5 Å². The molecule has 1 saturated carbocycles. The average molecular weight is 1210 g/mol. The van der Waals surface area contributed by atoms with Gasteiger partial charge in [0.15, 0.2) is 5.43 Å². The van der Waals surface area contributed by atoms with Crippen LogP contribution < -0.4 is 10.7 Å². The summed E-state index contributed by atoms with van der Waals surface area (Å²) in [7, 11) is 4.50. The number of likely N-dealkylation sites (tertiary alicyclic amines) is 1. The summed E-state index contributed by atoms with van der Waals surface area (Å²) in [6.07, 6.45) is 1.90. The van der Waals surface area contributed by atoms with E-state index in [4.69, 9.17) is 32.8 Å². The highest BCUT2D eigenvalue weighted by molar-refractivity contribution is 6.39. The van der Waals surface area contributed by atoms with Crippen molar-refractivity contribution in [3.05, 3.63) is 99.2 Å². The number of rotatable bonds is 25. The van der Waals surface area contributed by atoms with Crippen LogP contribution in [0.5, 0.6) is 5.75 Å². The molecule has 14 atom stereocenters. The number of hydrogen-bond donors (Lipinski definition) is 6. The fourth-order valence-corrected chi connectivity index (χ4v) is 12.7. The summed E-state index contributed by atoms with van der Waals surface area (Å²) in [6, 6.07) is 12.3. The third-order valence-corrected chi connectivity index (χ3v) is 17.7. The Morgan fingerprint density at radius 1 is 0.908 bits per heavy atom. The first-order chi connectivity index (χ1) is 41.3. The predicted molar refractivity (Wildman–Crippen MR) is 320 cm³/mol. The summed E-state index contributed by atoms with van der Waals surface area (Å²) < 4.78 is 41.5. The normalized spacial score (nSPS) is 25.0. The number of amides is 2. The number of esters is 1. The van der Waals surface area contributed by atoms with Gasteiger partial charge in [-0.3, -0.25) is 19.2 Å². The molecular weight excluding hydrogens is 1120 g/mol. The van der Waals surface area contributed by atoms with Crippen LogP contribution in [-0.4, -0.2) is 155 Å². The number of phenolic OH excluding ortho intramolecular Hbond substituents is 1. The number of benzene rings is 3. The standard InChI is InChI=1S/C66H86N2O19/c1-35(28-43(41(7)70)24-26-84-65(79)67-34-49-51(72)23-21-48-57(45-15-11-12-16-46(45)63(76)77)47-20-19-44(71)33-53(47)85-59(48)49)27-36(2)29-55(82-9)60-56(83-10)31-38(4)66(80,87-60)61(74)62(75)68-25-14-13-17-50(68)64(78)86-58(39(5)40(6)69)37(3)30-42-18-22-52(73)54(32-42)81-8/h11-12,15-16,19-21,23,28,30,33,36,38-40,42-43,50,52,54-56,58,60,69,72-73,80H,13-14,17-18,22,24-27,29,31-32,34H2,1-10H3,(H,67,79)(H,76,77)/b35-28+,37-30+. The molecule has 14 unspecified atom stereocenters. The van der Waals surface area contributed by atoms with Crippen LogP contribution in [0.3, 0.4) is 0 Å². The minimum absolute atomic E-state index is 0.00162. The van der Waals surface area contributed by atoms with Crippen LogP contribution in [0.25, 0.3) is 33.4 Å². The number of aromatic carboxylic acids is 1. The molecule has 2 aromatic rings. The number of carboxylic acids is 1. The smallest absolute Gasteiger partial charge is 0.407 e. The fourth-order valence-electron chi connectivity index (χ4n) is 12.7. The third kappa shape index (κ3) is 15.9. The van der Waals surface area contributed by atoms with Gasteiger partial charge in [-0.2, -0.15) is 0 Å². The maximum Gasteiger partial charge on any atom is 0.407 e. The number of nitrogens with one attached hydrogen (secondary N) is 1. The van der Waals surface area contributed by atoms with Crippen molar-refractivity contribution in [1.29, 1.82) is 0 Å². The van der Waals surface area contributed by atoms with Gasteiger partial charge in [0.25, 0.3) is 11.7 Å². The number of alkyl carbamates (subject to hydrolysis) is 1. The van der Waals surface area contributed by atoms with Gasteiger partial charge < -0.3 is 68.6 Å². The number of phenols is 1. The van der Waals surface area contributed by atoms with Crippen molar-refractivity contribution >= 4 is 46.5 Å². The highest BCUT2D eigenvalue weighted by Crippen LogP contribution is 2.44. The van der Waals surface area contributed by atoms with E-state index in [1.54, 1.807) is 58.2 Å². The third-order valence-electron chi connectivity index (χ3n) is 17.7. The summed E-state index contributed by atoms with van der Waals surface area (Å²) in [5, 5.41) is 57.5. The van der Waals surface area contributed by atoms with Gasteiger partial charge in [-0.05, 0) is 145 Å². The van der Waals surface area contributed by atoms with E-state index in [-0.39, 0.29) is 96.3 Å². The number of aromatic hydroxyl groups is 1. The molecule has 21 heteroatoms. The number of fused-ring (bicyclic) bond motifs is 2. The predicted octanol–water partition coefficient (Wildman–Crippen LogP) is 8.30. The van der Waals surface area contributed by atoms with Gasteiger partial charge >= 0.3 is 18.0 Å². The summed E-state index contributed by atoms with van der Waals surface area (Å²) in [4.78, 5) is 95.3. The lowest BCUT2D eigenvalue weighted by Gasteiger charge is -2.47. The molecule has 2 aliphatic carbocycles. The SMILES string of the molecule is COC1CC(/C=C(\C)C(OC(=O)C2CCCCN2C(=O)C(=O)C2(O)OC(C(CC(C)C/C(C)=C/C(CCOC(=O)NCc3c(O)ccc4c(-c5ccccc5C(=O)O)c5ccc(=O)cc-5oc34)C(C)=O)OC)C(OC)CC2C)C(C)C(C)O)CCC1O. The Bertz CT molecular complexity index is 3200. The first-order valence-corrected chi connectivity index (χ1v) is 30.0. The number of ether oxygens (including phenoxy) is 6. The van der Waals surface area contributed by atoms with Crippen LogP contribution in [0.4, 0.5) is 4.79 Å². The number of allylic oxidation sites excluding steroid dienone is 3. The van der Waals surface area contributed by atoms with Crippen molar-refractivity contribution in [3.8, 4) is 28.2 Å². The van der Waals surface area contributed by atoms with Gasteiger partial charge in [0.2, 0.25) is 5.79 Å². The zero-order chi connectivity index (χ0) is 63.6. The molecule has 0 radical (unpaired) electrons. The number of piperidine rings is 1. The molecule has 2 amide bonds. The number of aliphatic hydroxyl groups excluding tert-OH is 2. The Morgan fingerprint density at radius 2 is 1.63 bits per heavy atom. The number of aliphatic hydroxyl groups is 3. The molecule has 0 bridgehead atoms. The molecule has 0 aromatic heterocycles. The van der Waals surface area contributed by atoms with Crippen molar-refractivity contribution < 1.29 is 87.1 Å². The first-order valence-electron chi connectivity index (χ1n) is 30.0. The van der Waals surface area contributed by atoms with Gasteiger partial charge in [0.05, 0.1) is 54.8 Å². The Hall–Kier alpha value is -6.85. The number of Topliss-reactive ketones (excluding diaryl/α,β-unsaturated/α-hetero) is 2. The maximum absolute atomic E-state index is 14.5. The lowest BCUT2D eigenvalue weighted by atomic mass is 9.82. The average Bonchev–Trinajstić information content (AvgIpc) is 0.832. The van der Waals surface area contributed by atoms with Crippen molar-refractivity contribution in [3.63, 3.8) is 0 Å². The number of carboxylic acid groups (broad SMARTS) is 1. The van der Waals surface area contributed by atoms with E-state index >= 15 is 0 Å².